The molecule has 4 nitrogen and oxygen atoms in total. The molecule has 1 aromatic rings. The van der Waals surface area contributed by atoms with Gasteiger partial charge in [0.1, 0.15) is 6.61 Å². The van der Waals surface area contributed by atoms with Crippen molar-refractivity contribution >= 4 is 5.95 Å². The molecule has 0 atom stereocenters. The molecule has 0 saturated carbocycles. The Bertz CT molecular complexity index is 299. The maximum atomic E-state index is 5.32. The maximum Gasteiger partial charge on any atom is 0.225 e. The molecule has 4 heteroatoms. The average Bonchev–Trinajstić information content (AvgIpc) is 2.17. The minimum Gasteiger partial charge on any atom is -0.473 e. The number of rotatable bonds is 4. The van der Waals surface area contributed by atoms with E-state index in [1.807, 2.05) is 6.92 Å². The molecule has 0 fully saturated rings. The standard InChI is InChI=1S/C9H13N3O/c1-4-5-13-8-7(2)6-11-9(10-3)12-8/h4,6H,1,5H2,2-3H3,(H,10,11,12). The number of ether oxygens (including phenoxy) is 1. The zero-order valence-corrected chi connectivity index (χ0v) is 7.87. The third kappa shape index (κ3) is 2.43. The van der Waals surface area contributed by atoms with Crippen LogP contribution in [0.5, 0.6) is 5.88 Å². The lowest BCUT2D eigenvalue weighted by Crippen LogP contribution is -2.02. The first-order valence-corrected chi connectivity index (χ1v) is 4.03. The molecule has 0 aromatic carbocycles. The van der Waals surface area contributed by atoms with E-state index in [1.54, 1.807) is 19.3 Å². The minimum atomic E-state index is 0.459. The van der Waals surface area contributed by atoms with Gasteiger partial charge in [0, 0.05) is 18.8 Å². The number of aromatic nitrogens is 2. The molecule has 0 amide bonds. The highest BCUT2D eigenvalue weighted by molar-refractivity contribution is 5.31. The molecular weight excluding hydrogens is 166 g/mol. The van der Waals surface area contributed by atoms with Crippen LogP contribution in [0.4, 0.5) is 5.95 Å². The van der Waals surface area contributed by atoms with Crippen LogP contribution < -0.4 is 10.1 Å². The molecule has 1 N–H and O–H groups in total. The van der Waals surface area contributed by atoms with Crippen LogP contribution >= 0.6 is 0 Å². The van der Waals surface area contributed by atoms with Crippen LogP contribution in [0.15, 0.2) is 18.9 Å². The van der Waals surface area contributed by atoms with Gasteiger partial charge in [-0.15, -0.1) is 0 Å². The molecule has 0 bridgehead atoms. The van der Waals surface area contributed by atoms with Crippen molar-refractivity contribution < 1.29 is 4.74 Å². The Labute approximate surface area is 77.7 Å². The highest BCUT2D eigenvalue weighted by atomic mass is 16.5. The average molecular weight is 179 g/mol. The SMILES string of the molecule is C=CCOc1nc(NC)ncc1C. The summed E-state index contributed by atoms with van der Waals surface area (Å²) in [6, 6.07) is 0. The van der Waals surface area contributed by atoms with Gasteiger partial charge in [0.2, 0.25) is 11.8 Å². The summed E-state index contributed by atoms with van der Waals surface area (Å²) in [6.45, 7) is 5.92. The van der Waals surface area contributed by atoms with Gasteiger partial charge in [0.25, 0.3) is 0 Å². The van der Waals surface area contributed by atoms with Crippen molar-refractivity contribution in [2.45, 2.75) is 6.92 Å². The van der Waals surface area contributed by atoms with Crippen molar-refractivity contribution in [3.05, 3.63) is 24.4 Å². The topological polar surface area (TPSA) is 47.0 Å². The molecule has 1 rings (SSSR count). The van der Waals surface area contributed by atoms with E-state index in [-0.39, 0.29) is 0 Å². The molecule has 70 valence electrons. The van der Waals surface area contributed by atoms with Gasteiger partial charge in [-0.2, -0.15) is 4.98 Å². The van der Waals surface area contributed by atoms with Crippen LogP contribution in [0, 0.1) is 6.92 Å². The van der Waals surface area contributed by atoms with E-state index >= 15 is 0 Å². The second-order valence-corrected chi connectivity index (χ2v) is 2.53. The first-order chi connectivity index (χ1) is 6.27. The second-order valence-electron chi connectivity index (χ2n) is 2.53. The first-order valence-electron chi connectivity index (χ1n) is 4.03. The van der Waals surface area contributed by atoms with Gasteiger partial charge < -0.3 is 10.1 Å². The van der Waals surface area contributed by atoms with Crippen LogP contribution in [-0.4, -0.2) is 23.6 Å². The summed E-state index contributed by atoms with van der Waals surface area (Å²) in [4.78, 5) is 8.17. The zero-order valence-electron chi connectivity index (χ0n) is 7.87. The third-order valence-corrected chi connectivity index (χ3v) is 1.49. The van der Waals surface area contributed by atoms with Gasteiger partial charge in [-0.25, -0.2) is 4.98 Å². The Morgan fingerprint density at radius 3 is 3.08 bits per heavy atom. The van der Waals surface area contributed by atoms with Crippen molar-refractivity contribution in [3.63, 3.8) is 0 Å². The minimum absolute atomic E-state index is 0.459. The van der Waals surface area contributed by atoms with Crippen molar-refractivity contribution in [1.29, 1.82) is 0 Å². The summed E-state index contributed by atoms with van der Waals surface area (Å²) in [6.07, 6.45) is 3.40. The normalized spacial score (nSPS) is 9.38. The van der Waals surface area contributed by atoms with Crippen LogP contribution in [0.3, 0.4) is 0 Å². The van der Waals surface area contributed by atoms with Crippen molar-refractivity contribution in [1.82, 2.24) is 9.97 Å². The fourth-order valence-electron chi connectivity index (χ4n) is 0.831. The quantitative estimate of drug-likeness (QED) is 0.709. The predicted molar refractivity (Wildman–Crippen MR) is 52.0 cm³/mol. The lowest BCUT2D eigenvalue weighted by molar-refractivity contribution is 0.345. The second kappa shape index (κ2) is 4.45. The zero-order chi connectivity index (χ0) is 9.68. The summed E-state index contributed by atoms with van der Waals surface area (Å²) in [5.41, 5.74) is 0.917. The predicted octanol–water partition coefficient (Wildman–Crippen LogP) is 1.39. The van der Waals surface area contributed by atoms with Gasteiger partial charge >= 0.3 is 0 Å². The molecule has 0 saturated heterocycles. The van der Waals surface area contributed by atoms with Gasteiger partial charge in [0.05, 0.1) is 0 Å². The largest absolute Gasteiger partial charge is 0.473 e. The Balaban J connectivity index is 2.83. The van der Waals surface area contributed by atoms with E-state index in [2.05, 4.69) is 21.9 Å². The number of hydrogen-bond donors (Lipinski definition) is 1. The van der Waals surface area contributed by atoms with Crippen LogP contribution in [0.2, 0.25) is 0 Å². The lowest BCUT2D eigenvalue weighted by Gasteiger charge is -2.06. The van der Waals surface area contributed by atoms with E-state index < -0.39 is 0 Å². The van der Waals surface area contributed by atoms with E-state index in [1.165, 1.54) is 0 Å². The number of nitrogens with zero attached hydrogens (tertiary/aromatic N) is 2. The number of anilines is 1. The van der Waals surface area contributed by atoms with Gasteiger partial charge in [0.15, 0.2) is 0 Å². The van der Waals surface area contributed by atoms with Crippen LogP contribution in [0.1, 0.15) is 5.56 Å². The fourth-order valence-corrected chi connectivity index (χ4v) is 0.831. The molecule has 0 aliphatic rings. The Morgan fingerprint density at radius 1 is 1.69 bits per heavy atom. The highest BCUT2D eigenvalue weighted by Crippen LogP contribution is 2.14. The van der Waals surface area contributed by atoms with Gasteiger partial charge in [-0.1, -0.05) is 12.7 Å². The summed E-state index contributed by atoms with van der Waals surface area (Å²) >= 11 is 0. The van der Waals surface area contributed by atoms with Crippen LogP contribution in [0.25, 0.3) is 0 Å². The molecule has 0 aliphatic heterocycles. The van der Waals surface area contributed by atoms with Crippen LogP contribution in [-0.2, 0) is 0 Å². The van der Waals surface area contributed by atoms with Crippen molar-refractivity contribution in [3.8, 4) is 5.88 Å². The van der Waals surface area contributed by atoms with E-state index in [0.29, 0.717) is 18.4 Å². The molecular formula is C9H13N3O. The Morgan fingerprint density at radius 2 is 2.46 bits per heavy atom. The molecule has 0 aliphatic carbocycles. The molecule has 1 heterocycles. The van der Waals surface area contributed by atoms with Crippen molar-refractivity contribution in [2.24, 2.45) is 0 Å². The fraction of sp³-hybridized carbons (Fsp3) is 0.333. The molecule has 0 radical (unpaired) electrons. The summed E-state index contributed by atoms with van der Waals surface area (Å²) < 4.78 is 5.32. The van der Waals surface area contributed by atoms with E-state index in [9.17, 15) is 0 Å². The van der Waals surface area contributed by atoms with E-state index in [4.69, 9.17) is 4.74 Å². The number of hydrogen-bond acceptors (Lipinski definition) is 4. The van der Waals surface area contributed by atoms with Gasteiger partial charge in [-0.05, 0) is 6.92 Å². The number of nitrogens with one attached hydrogen (secondary N) is 1. The number of aryl methyl sites for hydroxylation is 1. The molecule has 0 spiro atoms. The highest BCUT2D eigenvalue weighted by Gasteiger charge is 2.02. The summed E-state index contributed by atoms with van der Waals surface area (Å²) in [7, 11) is 1.77. The Kier molecular flexibility index (Phi) is 3.25. The molecule has 13 heavy (non-hydrogen) atoms. The first kappa shape index (κ1) is 9.51. The summed E-state index contributed by atoms with van der Waals surface area (Å²) in [5.74, 6) is 1.16. The summed E-state index contributed by atoms with van der Waals surface area (Å²) in [5, 5.41) is 2.84. The maximum absolute atomic E-state index is 5.32. The van der Waals surface area contributed by atoms with Gasteiger partial charge in [-0.3, -0.25) is 0 Å². The lowest BCUT2D eigenvalue weighted by atomic mass is 10.4. The molecule has 1 aromatic heterocycles. The monoisotopic (exact) mass is 179 g/mol. The van der Waals surface area contributed by atoms with E-state index in [0.717, 1.165) is 5.56 Å². The third-order valence-electron chi connectivity index (χ3n) is 1.49. The van der Waals surface area contributed by atoms with Crippen molar-refractivity contribution in [2.75, 3.05) is 19.0 Å². The Hall–Kier alpha value is -1.58. The smallest absolute Gasteiger partial charge is 0.225 e. The molecule has 0 unspecified atom stereocenters.